The van der Waals surface area contributed by atoms with Crippen LogP contribution >= 0.6 is 0 Å². The minimum absolute atomic E-state index is 0.0330. The van der Waals surface area contributed by atoms with Crippen LogP contribution in [0, 0.1) is 5.41 Å². The lowest BCUT2D eigenvalue weighted by molar-refractivity contribution is 0.444. The highest BCUT2D eigenvalue weighted by Crippen LogP contribution is 2.45. The molecule has 1 aromatic heterocycles. The van der Waals surface area contributed by atoms with E-state index >= 15 is 0 Å². The lowest BCUT2D eigenvalue weighted by Gasteiger charge is -2.35. The summed E-state index contributed by atoms with van der Waals surface area (Å²) < 4.78 is 0. The number of fused-ring (bicyclic) bond motifs is 2. The number of dihydropyridines is 1. The molecule has 45 heavy (non-hydrogen) atoms. The number of nitrogens with one attached hydrogen (secondary N) is 1. The topological polar surface area (TPSA) is 24.9 Å². The maximum Gasteiger partial charge on any atom is 0.0331 e. The number of allylic oxidation sites excluding steroid dienone is 4. The molecule has 2 aliphatic carbocycles. The average Bonchev–Trinajstić information content (AvgIpc) is 3.11. The first kappa shape index (κ1) is 27.6. The normalized spacial score (nSPS) is 19.0. The van der Waals surface area contributed by atoms with E-state index in [9.17, 15) is 0 Å². The van der Waals surface area contributed by atoms with Gasteiger partial charge in [-0.25, -0.2) is 0 Å². The predicted octanol–water partition coefficient (Wildman–Crippen LogP) is 9.21. The van der Waals surface area contributed by atoms with Crippen LogP contribution in [0.15, 0.2) is 127 Å². The van der Waals surface area contributed by atoms with Crippen LogP contribution in [0.25, 0.3) is 61.9 Å². The van der Waals surface area contributed by atoms with Gasteiger partial charge in [0.15, 0.2) is 0 Å². The van der Waals surface area contributed by atoms with Crippen LogP contribution in [0.3, 0.4) is 0 Å². The first-order valence-electron chi connectivity index (χ1n) is 16.4. The van der Waals surface area contributed by atoms with Crippen molar-refractivity contribution in [1.29, 1.82) is 0 Å². The second-order valence-electron chi connectivity index (χ2n) is 12.8. The number of aromatic nitrogens is 1. The molecule has 1 aliphatic heterocycles. The fourth-order valence-corrected chi connectivity index (χ4v) is 7.75. The number of hydrogen-bond donors (Lipinski definition) is 1. The molecule has 1 unspecified atom stereocenters. The third kappa shape index (κ3) is 5.05. The summed E-state index contributed by atoms with van der Waals surface area (Å²) in [6.45, 7) is 3.34. The molecular weight excluding hydrogens is 544 g/mol. The van der Waals surface area contributed by atoms with Crippen LogP contribution in [0.1, 0.15) is 44.6 Å². The highest BCUT2D eigenvalue weighted by Gasteiger charge is 2.31. The molecule has 0 bridgehead atoms. The van der Waals surface area contributed by atoms with Gasteiger partial charge in [0.25, 0.3) is 0 Å². The van der Waals surface area contributed by atoms with E-state index < -0.39 is 0 Å². The van der Waals surface area contributed by atoms with Crippen molar-refractivity contribution in [3.05, 3.63) is 143 Å². The van der Waals surface area contributed by atoms with Crippen molar-refractivity contribution in [2.45, 2.75) is 39.0 Å². The summed E-state index contributed by atoms with van der Waals surface area (Å²) in [6, 6.07) is 31.3. The van der Waals surface area contributed by atoms with Crippen LogP contribution in [0.5, 0.6) is 0 Å². The largest absolute Gasteiger partial charge is 0.387 e. The summed E-state index contributed by atoms with van der Waals surface area (Å²) in [5.74, 6) is 0. The predicted molar refractivity (Wildman–Crippen MR) is 191 cm³/mol. The molecule has 0 fully saturated rings. The Bertz CT molecular complexity index is 2130. The molecule has 0 saturated carbocycles. The van der Waals surface area contributed by atoms with Crippen molar-refractivity contribution in [3.63, 3.8) is 0 Å². The minimum Gasteiger partial charge on any atom is -0.387 e. The van der Waals surface area contributed by atoms with Crippen molar-refractivity contribution in [1.82, 2.24) is 10.3 Å². The van der Waals surface area contributed by atoms with Gasteiger partial charge in [0.1, 0.15) is 0 Å². The van der Waals surface area contributed by atoms with Gasteiger partial charge >= 0.3 is 0 Å². The van der Waals surface area contributed by atoms with Gasteiger partial charge in [0.05, 0.1) is 0 Å². The van der Waals surface area contributed by atoms with E-state index in [1.54, 1.807) is 0 Å². The van der Waals surface area contributed by atoms with Gasteiger partial charge in [-0.2, -0.15) is 0 Å². The number of benzene rings is 4. The fraction of sp³-hybridized carbons (Fsp3) is 0.186. The molecule has 3 aliphatic rings. The fourth-order valence-electron chi connectivity index (χ4n) is 7.75. The molecule has 0 saturated heterocycles. The molecule has 1 atom stereocenters. The Balaban J connectivity index is 1.43. The van der Waals surface area contributed by atoms with Gasteiger partial charge in [-0.1, -0.05) is 91.9 Å². The molecule has 2 heteroatoms. The SMILES string of the molecule is CC1(C2=CCNC=C2)C=C(c2c3c(c(-c4cccc(-c5ccncc5)c4)c4cc(-c5ccccc5)ccc24)=CCCC=3)CCC1. The van der Waals surface area contributed by atoms with E-state index in [4.69, 9.17) is 0 Å². The monoisotopic (exact) mass is 582 g/mol. The number of nitrogens with zero attached hydrogens (tertiary/aromatic N) is 1. The smallest absolute Gasteiger partial charge is 0.0331 e. The quantitative estimate of drug-likeness (QED) is 0.223. The summed E-state index contributed by atoms with van der Waals surface area (Å²) in [5, 5.41) is 8.83. The zero-order valence-electron chi connectivity index (χ0n) is 25.9. The maximum absolute atomic E-state index is 4.26. The molecule has 1 N–H and O–H groups in total. The molecule has 4 aromatic carbocycles. The van der Waals surface area contributed by atoms with E-state index in [0.717, 1.165) is 25.8 Å². The first-order chi connectivity index (χ1) is 22.2. The zero-order chi connectivity index (χ0) is 30.2. The van der Waals surface area contributed by atoms with Crippen LogP contribution in [0.2, 0.25) is 0 Å². The van der Waals surface area contributed by atoms with Gasteiger partial charge in [-0.15, -0.1) is 0 Å². The van der Waals surface area contributed by atoms with Gasteiger partial charge in [0, 0.05) is 24.4 Å². The van der Waals surface area contributed by atoms with Crippen LogP contribution < -0.4 is 15.8 Å². The van der Waals surface area contributed by atoms with E-state index in [2.05, 4.69) is 139 Å². The zero-order valence-corrected chi connectivity index (χ0v) is 25.9. The lowest BCUT2D eigenvalue weighted by atomic mass is 9.70. The van der Waals surface area contributed by atoms with Gasteiger partial charge in [-0.3, -0.25) is 4.98 Å². The number of hydrogen-bond acceptors (Lipinski definition) is 2. The highest BCUT2D eigenvalue weighted by atomic mass is 14.8. The summed E-state index contributed by atoms with van der Waals surface area (Å²) in [6.07, 6.45) is 23.8. The molecule has 0 amide bonds. The molecule has 220 valence electrons. The van der Waals surface area contributed by atoms with Gasteiger partial charge in [-0.05, 0) is 140 Å². The molecular formula is C43H38N2. The van der Waals surface area contributed by atoms with Crippen molar-refractivity contribution >= 4 is 28.5 Å². The van der Waals surface area contributed by atoms with Gasteiger partial charge < -0.3 is 5.32 Å². The Morgan fingerprint density at radius 3 is 2.20 bits per heavy atom. The molecule has 0 radical (unpaired) electrons. The van der Waals surface area contributed by atoms with Crippen molar-refractivity contribution < 1.29 is 0 Å². The average molecular weight is 583 g/mol. The summed E-state index contributed by atoms with van der Waals surface area (Å²) in [4.78, 5) is 4.26. The highest BCUT2D eigenvalue weighted by molar-refractivity contribution is 6.05. The van der Waals surface area contributed by atoms with Crippen LogP contribution in [0.4, 0.5) is 0 Å². The summed E-state index contributed by atoms with van der Waals surface area (Å²) >= 11 is 0. The summed E-state index contributed by atoms with van der Waals surface area (Å²) in [5.41, 5.74) is 11.9. The first-order valence-corrected chi connectivity index (χ1v) is 16.4. The number of rotatable bonds is 5. The molecule has 2 heterocycles. The third-order valence-electron chi connectivity index (χ3n) is 9.96. The van der Waals surface area contributed by atoms with E-state index in [0.29, 0.717) is 0 Å². The Morgan fingerprint density at radius 1 is 0.667 bits per heavy atom. The molecule has 2 nitrogen and oxygen atoms in total. The third-order valence-corrected chi connectivity index (χ3v) is 9.96. The maximum atomic E-state index is 4.26. The standard InChI is InChI=1S/C43H38N2/c1-43(36-20-25-45-26-21-36)22-8-13-35(29-43)42-38-15-6-5-14-37(38)41(34-12-7-11-32(27-34)31-18-23-44-24-19-31)40-28-33(16-17-39(40)42)30-9-3-2-4-10-30/h2-4,7,9-12,14-21,23-25,27-29,45H,5-6,8,13,22,26H2,1H3. The van der Waals surface area contributed by atoms with Crippen LogP contribution in [-0.4, -0.2) is 11.5 Å². The lowest BCUT2D eigenvalue weighted by Crippen LogP contribution is -2.34. The minimum atomic E-state index is 0.0330. The van der Waals surface area contributed by atoms with Crippen LogP contribution in [-0.2, 0) is 0 Å². The summed E-state index contributed by atoms with van der Waals surface area (Å²) in [7, 11) is 0. The second kappa shape index (κ2) is 11.5. The molecule has 8 rings (SSSR count). The Morgan fingerprint density at radius 2 is 1.40 bits per heavy atom. The van der Waals surface area contributed by atoms with Crippen molar-refractivity contribution in [2.24, 2.45) is 5.41 Å². The van der Waals surface area contributed by atoms with Gasteiger partial charge in [0.2, 0.25) is 0 Å². The number of pyridine rings is 1. The molecule has 5 aromatic rings. The van der Waals surface area contributed by atoms with Crippen molar-refractivity contribution in [3.8, 4) is 33.4 Å². The van der Waals surface area contributed by atoms with E-state index in [-0.39, 0.29) is 5.41 Å². The molecule has 0 spiro atoms. The Hall–Kier alpha value is -4.95. The second-order valence-corrected chi connectivity index (χ2v) is 12.8. The van der Waals surface area contributed by atoms with E-state index in [1.165, 1.54) is 84.1 Å². The Labute approximate surface area is 265 Å². The van der Waals surface area contributed by atoms with Crippen molar-refractivity contribution in [2.75, 3.05) is 6.54 Å². The Kier molecular flexibility index (Phi) is 7.06. The van der Waals surface area contributed by atoms with E-state index in [1.807, 2.05) is 12.4 Å².